The first-order chi connectivity index (χ1) is 15.5. The van der Waals surface area contributed by atoms with Gasteiger partial charge in [-0.3, -0.25) is 4.79 Å². The van der Waals surface area contributed by atoms with Crippen molar-refractivity contribution in [3.8, 4) is 5.75 Å². The second kappa shape index (κ2) is 10.6. The van der Waals surface area contributed by atoms with Crippen LogP contribution >= 0.6 is 46.6 Å². The largest absolute Gasteiger partial charge is 0.478 e. The van der Waals surface area contributed by atoms with Crippen LogP contribution in [0.3, 0.4) is 0 Å². The van der Waals surface area contributed by atoms with Crippen molar-refractivity contribution < 1.29 is 9.53 Å². The Labute approximate surface area is 214 Å². The fourth-order valence-electron chi connectivity index (χ4n) is 3.71. The van der Waals surface area contributed by atoms with Gasteiger partial charge in [-0.25, -0.2) is 0 Å². The van der Waals surface area contributed by atoms with Crippen LogP contribution in [0.4, 0.5) is 0 Å². The molecule has 3 aromatic rings. The third kappa shape index (κ3) is 6.39. The van der Waals surface area contributed by atoms with E-state index in [2.05, 4.69) is 13.8 Å². The minimum Gasteiger partial charge on any atom is -0.478 e. The van der Waals surface area contributed by atoms with Crippen LogP contribution in [0, 0.1) is 5.92 Å². The molecular weight excluding hydrogens is 497 g/mol. The third-order valence-corrected chi connectivity index (χ3v) is 8.20. The molecule has 0 saturated heterocycles. The highest BCUT2D eigenvalue weighted by atomic mass is 35.5. The summed E-state index contributed by atoms with van der Waals surface area (Å²) in [6, 6.07) is 22.4. The van der Waals surface area contributed by atoms with Gasteiger partial charge in [0.15, 0.2) is 5.60 Å². The van der Waals surface area contributed by atoms with Gasteiger partial charge in [0, 0.05) is 31.1 Å². The quantitative estimate of drug-likeness (QED) is 0.290. The Bertz CT molecular complexity index is 1090. The van der Waals surface area contributed by atoms with Gasteiger partial charge in [-0.2, -0.15) is 0 Å². The first-order valence-electron chi connectivity index (χ1n) is 10.5. The number of hydrogen-bond acceptors (Lipinski definition) is 3. The van der Waals surface area contributed by atoms with E-state index in [4.69, 9.17) is 45.3 Å². The van der Waals surface area contributed by atoms with Crippen molar-refractivity contribution in [2.75, 3.05) is 0 Å². The maximum atomic E-state index is 12.6. The van der Waals surface area contributed by atoms with Gasteiger partial charge in [-0.15, -0.1) is 11.8 Å². The first kappa shape index (κ1) is 25.8. The Morgan fingerprint density at radius 3 is 1.82 bits per heavy atom. The molecule has 2 N–H and O–H groups in total. The summed E-state index contributed by atoms with van der Waals surface area (Å²) in [4.78, 5) is 13.6. The Kier molecular flexibility index (Phi) is 8.28. The van der Waals surface area contributed by atoms with E-state index in [0.29, 0.717) is 27.2 Å². The average molecular weight is 523 g/mol. The predicted octanol–water partition coefficient (Wildman–Crippen LogP) is 8.00. The summed E-state index contributed by atoms with van der Waals surface area (Å²) in [6.45, 7) is 5.99. The van der Waals surface area contributed by atoms with Crippen LogP contribution in [-0.2, 0) is 9.54 Å². The smallest absolute Gasteiger partial charge is 0.261 e. The lowest BCUT2D eigenvalue weighted by atomic mass is 9.80. The molecule has 3 rings (SSSR count). The zero-order chi connectivity index (χ0) is 24.2. The lowest BCUT2D eigenvalue weighted by Crippen LogP contribution is -2.49. The van der Waals surface area contributed by atoms with Crippen LogP contribution < -0.4 is 10.5 Å². The summed E-state index contributed by atoms with van der Waals surface area (Å²) in [7, 11) is 0. The summed E-state index contributed by atoms with van der Waals surface area (Å²) in [5, 5.41) is 1.93. The van der Waals surface area contributed by atoms with Gasteiger partial charge in [0.25, 0.3) is 5.91 Å². The number of benzene rings is 3. The Morgan fingerprint density at radius 1 is 0.879 bits per heavy atom. The van der Waals surface area contributed by atoms with Gasteiger partial charge >= 0.3 is 0 Å². The molecule has 0 spiro atoms. The van der Waals surface area contributed by atoms with Crippen molar-refractivity contribution in [1.82, 2.24) is 0 Å². The van der Waals surface area contributed by atoms with E-state index in [0.717, 1.165) is 10.5 Å². The SMILES string of the molecule is CC(CC(C)(Oc1ccc(Cl)cc1)C(N)=O)C(C)(Sc1ccc(Cl)cc1)c1ccc(Cl)cc1. The van der Waals surface area contributed by atoms with Crippen molar-refractivity contribution in [3.63, 3.8) is 0 Å². The molecule has 7 heteroatoms. The molecule has 33 heavy (non-hydrogen) atoms. The Hall–Kier alpha value is -1.85. The van der Waals surface area contributed by atoms with E-state index in [9.17, 15) is 4.79 Å². The summed E-state index contributed by atoms with van der Waals surface area (Å²) < 4.78 is 5.71. The molecule has 0 aliphatic carbocycles. The maximum Gasteiger partial charge on any atom is 0.261 e. The number of nitrogens with two attached hydrogens (primary N) is 1. The molecule has 0 radical (unpaired) electrons. The molecule has 1 amide bonds. The van der Waals surface area contributed by atoms with Crippen molar-refractivity contribution in [3.05, 3.63) is 93.4 Å². The van der Waals surface area contributed by atoms with Gasteiger partial charge in [0.2, 0.25) is 0 Å². The van der Waals surface area contributed by atoms with Crippen molar-refractivity contribution >= 4 is 52.5 Å². The summed E-state index contributed by atoms with van der Waals surface area (Å²) in [6.07, 6.45) is 0.394. The number of amides is 1. The molecular formula is C26H26Cl3NO2S. The maximum absolute atomic E-state index is 12.6. The first-order valence-corrected chi connectivity index (χ1v) is 12.4. The highest BCUT2D eigenvalue weighted by Gasteiger charge is 2.43. The number of carbonyl (C=O) groups is 1. The van der Waals surface area contributed by atoms with Crippen LogP contribution in [0.15, 0.2) is 77.7 Å². The molecule has 3 aromatic carbocycles. The van der Waals surface area contributed by atoms with Crippen LogP contribution in [0.25, 0.3) is 0 Å². The van der Waals surface area contributed by atoms with Gasteiger partial charge < -0.3 is 10.5 Å². The van der Waals surface area contributed by atoms with Crippen LogP contribution in [0.1, 0.15) is 32.8 Å². The van der Waals surface area contributed by atoms with Crippen LogP contribution in [0.5, 0.6) is 5.75 Å². The van der Waals surface area contributed by atoms with E-state index in [1.807, 2.05) is 48.5 Å². The summed E-state index contributed by atoms with van der Waals surface area (Å²) >= 11 is 19.9. The molecule has 0 aliphatic rings. The van der Waals surface area contributed by atoms with E-state index in [-0.39, 0.29) is 5.92 Å². The zero-order valence-corrected chi connectivity index (χ0v) is 21.7. The zero-order valence-electron chi connectivity index (χ0n) is 18.6. The second-order valence-corrected chi connectivity index (χ2v) is 11.3. The number of halogens is 3. The van der Waals surface area contributed by atoms with Gasteiger partial charge in [0.1, 0.15) is 5.75 Å². The molecule has 3 nitrogen and oxygen atoms in total. The van der Waals surface area contributed by atoms with Crippen molar-refractivity contribution in [1.29, 1.82) is 0 Å². The van der Waals surface area contributed by atoms with E-state index >= 15 is 0 Å². The fourth-order valence-corrected chi connectivity index (χ4v) is 5.38. The molecule has 3 atom stereocenters. The van der Waals surface area contributed by atoms with E-state index in [1.54, 1.807) is 43.0 Å². The lowest BCUT2D eigenvalue weighted by molar-refractivity contribution is -0.133. The number of ether oxygens (including phenoxy) is 1. The minimum absolute atomic E-state index is 0.0239. The predicted molar refractivity (Wildman–Crippen MR) is 140 cm³/mol. The van der Waals surface area contributed by atoms with Gasteiger partial charge in [-0.05, 0) is 86.0 Å². The topological polar surface area (TPSA) is 52.3 Å². The standard InChI is InChI=1S/C26H26Cl3NO2S/c1-17(16-25(2,24(30)31)32-22-12-8-20(28)9-13-22)26(3,18-4-6-19(27)7-5-18)33-23-14-10-21(29)11-15-23/h4-15,17H,16H2,1-3H3,(H2,30,31). The van der Waals surface area contributed by atoms with Crippen LogP contribution in [0.2, 0.25) is 15.1 Å². The molecule has 0 saturated carbocycles. The fraction of sp³-hybridized carbons (Fsp3) is 0.269. The molecule has 0 bridgehead atoms. The Balaban J connectivity index is 1.95. The number of primary amides is 1. The lowest BCUT2D eigenvalue weighted by Gasteiger charge is -2.40. The highest BCUT2D eigenvalue weighted by molar-refractivity contribution is 8.00. The summed E-state index contributed by atoms with van der Waals surface area (Å²) in [5.74, 6) is -0.0187. The monoisotopic (exact) mass is 521 g/mol. The number of carbonyl (C=O) groups excluding carboxylic acids is 1. The second-order valence-electron chi connectivity index (χ2n) is 8.43. The molecule has 0 aliphatic heterocycles. The van der Waals surface area contributed by atoms with E-state index < -0.39 is 16.3 Å². The average Bonchev–Trinajstić information content (AvgIpc) is 2.77. The molecule has 174 valence electrons. The summed E-state index contributed by atoms with van der Waals surface area (Å²) in [5.41, 5.74) is 5.70. The Morgan fingerprint density at radius 2 is 1.33 bits per heavy atom. The highest BCUT2D eigenvalue weighted by Crippen LogP contribution is 2.49. The van der Waals surface area contributed by atoms with Crippen molar-refractivity contribution in [2.24, 2.45) is 11.7 Å². The number of rotatable bonds is 9. The molecule has 0 aromatic heterocycles. The normalized spacial score (nSPS) is 15.8. The van der Waals surface area contributed by atoms with Crippen molar-refractivity contribution in [2.45, 2.75) is 42.4 Å². The molecule has 3 unspecified atom stereocenters. The molecule has 0 heterocycles. The number of thioether (sulfide) groups is 1. The number of hydrogen-bond donors (Lipinski definition) is 1. The van der Waals surface area contributed by atoms with Gasteiger partial charge in [0.05, 0.1) is 0 Å². The third-order valence-electron chi connectivity index (χ3n) is 5.87. The van der Waals surface area contributed by atoms with Crippen LogP contribution in [-0.4, -0.2) is 11.5 Å². The minimum atomic E-state index is -1.22. The molecule has 0 fully saturated rings. The van der Waals surface area contributed by atoms with E-state index in [1.165, 1.54) is 0 Å². The van der Waals surface area contributed by atoms with Gasteiger partial charge in [-0.1, -0.05) is 53.9 Å².